The molecule has 122 valence electrons. The van der Waals surface area contributed by atoms with Crippen molar-refractivity contribution >= 4 is 5.97 Å². The highest BCUT2D eigenvalue weighted by Crippen LogP contribution is 2.40. The molecule has 0 heterocycles. The first-order valence-corrected chi connectivity index (χ1v) is 8.10. The quantitative estimate of drug-likeness (QED) is 0.794. The van der Waals surface area contributed by atoms with Gasteiger partial charge in [0.1, 0.15) is 6.04 Å². The zero-order valence-electron chi connectivity index (χ0n) is 13.5. The Kier molecular flexibility index (Phi) is 5.98. The van der Waals surface area contributed by atoms with Crippen molar-refractivity contribution < 1.29 is 14.6 Å². The molecule has 1 fully saturated rings. The number of ether oxygens (including phenoxy) is 1. The normalized spacial score (nSPS) is 20.1. The summed E-state index contributed by atoms with van der Waals surface area (Å²) >= 11 is 0. The van der Waals surface area contributed by atoms with Gasteiger partial charge in [0.05, 0.1) is 19.8 Å². The number of carbonyl (C=O) groups excluding carboxylic acids is 1. The van der Waals surface area contributed by atoms with Crippen molar-refractivity contribution in [3.63, 3.8) is 0 Å². The standard InChI is InChI=1S/C18H27NO3/c1-18(11-7-4-8-12-18)16(17(21)22-2)19-15(13-20)14-9-5-3-6-10-14/h3,5-6,9-10,15-16,19-20H,4,7-8,11-13H2,1-2H3/t15-,16+/m0/s1. The average Bonchev–Trinajstić information content (AvgIpc) is 2.56. The van der Waals surface area contributed by atoms with E-state index < -0.39 is 6.04 Å². The van der Waals surface area contributed by atoms with Crippen LogP contribution in [-0.2, 0) is 9.53 Å². The Labute approximate surface area is 132 Å². The van der Waals surface area contributed by atoms with E-state index in [4.69, 9.17) is 4.74 Å². The number of benzene rings is 1. The smallest absolute Gasteiger partial charge is 0.323 e. The Morgan fingerprint density at radius 3 is 2.45 bits per heavy atom. The van der Waals surface area contributed by atoms with Gasteiger partial charge in [-0.15, -0.1) is 0 Å². The average molecular weight is 305 g/mol. The third-order valence-corrected chi connectivity index (χ3v) is 4.88. The van der Waals surface area contributed by atoms with Crippen LogP contribution in [0.4, 0.5) is 0 Å². The Bertz CT molecular complexity index is 468. The molecule has 0 radical (unpaired) electrons. The summed E-state index contributed by atoms with van der Waals surface area (Å²) in [5, 5.41) is 13.1. The van der Waals surface area contributed by atoms with Crippen LogP contribution >= 0.6 is 0 Å². The van der Waals surface area contributed by atoms with E-state index >= 15 is 0 Å². The molecule has 0 aliphatic heterocycles. The molecule has 0 spiro atoms. The maximum Gasteiger partial charge on any atom is 0.323 e. The lowest BCUT2D eigenvalue weighted by molar-refractivity contribution is -0.148. The van der Waals surface area contributed by atoms with Crippen molar-refractivity contribution in [3.05, 3.63) is 35.9 Å². The number of hydrogen-bond donors (Lipinski definition) is 2. The van der Waals surface area contributed by atoms with Crippen molar-refractivity contribution in [1.29, 1.82) is 0 Å². The molecule has 4 heteroatoms. The fourth-order valence-electron chi connectivity index (χ4n) is 3.46. The monoisotopic (exact) mass is 305 g/mol. The van der Waals surface area contributed by atoms with Crippen LogP contribution in [0.3, 0.4) is 0 Å². The molecule has 2 N–H and O–H groups in total. The lowest BCUT2D eigenvalue weighted by Gasteiger charge is -2.41. The highest BCUT2D eigenvalue weighted by molar-refractivity contribution is 5.76. The summed E-state index contributed by atoms with van der Waals surface area (Å²) in [6, 6.07) is 9.10. The van der Waals surface area contributed by atoms with Gasteiger partial charge in [-0.3, -0.25) is 10.1 Å². The summed E-state index contributed by atoms with van der Waals surface area (Å²) in [5.41, 5.74) is 0.867. The van der Waals surface area contributed by atoms with Crippen LogP contribution in [0.25, 0.3) is 0 Å². The van der Waals surface area contributed by atoms with E-state index in [1.807, 2.05) is 30.3 Å². The number of nitrogens with one attached hydrogen (secondary N) is 1. The van der Waals surface area contributed by atoms with Crippen LogP contribution in [0.5, 0.6) is 0 Å². The fraction of sp³-hybridized carbons (Fsp3) is 0.611. The first-order valence-electron chi connectivity index (χ1n) is 8.10. The SMILES string of the molecule is COC(=O)[C@@H](N[C@@H](CO)c1ccccc1)C1(C)CCCCC1. The number of methoxy groups -OCH3 is 1. The van der Waals surface area contributed by atoms with Crippen LogP contribution in [0, 0.1) is 5.41 Å². The van der Waals surface area contributed by atoms with Gasteiger partial charge in [0.25, 0.3) is 0 Å². The zero-order valence-corrected chi connectivity index (χ0v) is 13.5. The van der Waals surface area contributed by atoms with Crippen LogP contribution < -0.4 is 5.32 Å². The maximum absolute atomic E-state index is 12.3. The molecule has 2 atom stereocenters. The van der Waals surface area contributed by atoms with Crippen LogP contribution in [0.15, 0.2) is 30.3 Å². The fourth-order valence-corrected chi connectivity index (χ4v) is 3.46. The minimum Gasteiger partial charge on any atom is -0.468 e. The summed E-state index contributed by atoms with van der Waals surface area (Å²) in [5.74, 6) is -0.237. The van der Waals surface area contributed by atoms with E-state index in [1.54, 1.807) is 0 Å². The molecule has 0 saturated heterocycles. The minimum absolute atomic E-state index is 0.0480. The van der Waals surface area contributed by atoms with Crippen molar-refractivity contribution in [1.82, 2.24) is 5.32 Å². The first-order chi connectivity index (χ1) is 10.6. The van der Waals surface area contributed by atoms with Crippen LogP contribution in [0.1, 0.15) is 50.6 Å². The van der Waals surface area contributed by atoms with Crippen molar-refractivity contribution in [3.8, 4) is 0 Å². The predicted molar refractivity (Wildman–Crippen MR) is 86.4 cm³/mol. The third-order valence-electron chi connectivity index (χ3n) is 4.88. The molecule has 1 aromatic carbocycles. The molecule has 0 aromatic heterocycles. The molecule has 4 nitrogen and oxygen atoms in total. The Morgan fingerprint density at radius 1 is 1.27 bits per heavy atom. The predicted octanol–water partition coefficient (Wildman–Crippen LogP) is 2.82. The van der Waals surface area contributed by atoms with Crippen molar-refractivity contribution in [2.75, 3.05) is 13.7 Å². The van der Waals surface area contributed by atoms with Crippen LogP contribution in [0.2, 0.25) is 0 Å². The molecular formula is C18H27NO3. The molecular weight excluding hydrogens is 278 g/mol. The van der Waals surface area contributed by atoms with Crippen LogP contribution in [-0.4, -0.2) is 30.8 Å². The van der Waals surface area contributed by atoms with E-state index in [0.717, 1.165) is 31.2 Å². The molecule has 0 bridgehead atoms. The Hall–Kier alpha value is -1.39. The summed E-state index contributed by atoms with van der Waals surface area (Å²) in [6.45, 7) is 2.10. The Balaban J connectivity index is 2.20. The lowest BCUT2D eigenvalue weighted by atomic mass is 9.70. The van der Waals surface area contributed by atoms with E-state index in [9.17, 15) is 9.90 Å². The molecule has 0 amide bonds. The van der Waals surface area contributed by atoms with Crippen molar-refractivity contribution in [2.45, 2.75) is 51.1 Å². The van der Waals surface area contributed by atoms with Gasteiger partial charge in [-0.05, 0) is 23.8 Å². The number of hydrogen-bond acceptors (Lipinski definition) is 4. The molecule has 22 heavy (non-hydrogen) atoms. The van der Waals surface area contributed by atoms with Crippen molar-refractivity contribution in [2.24, 2.45) is 5.41 Å². The summed E-state index contributed by atoms with van der Waals surface area (Å²) in [7, 11) is 1.43. The lowest BCUT2D eigenvalue weighted by Crippen LogP contribution is -2.52. The highest BCUT2D eigenvalue weighted by atomic mass is 16.5. The third kappa shape index (κ3) is 3.87. The van der Waals surface area contributed by atoms with Gasteiger partial charge in [0.2, 0.25) is 0 Å². The summed E-state index contributed by atoms with van der Waals surface area (Å²) < 4.78 is 5.03. The second kappa shape index (κ2) is 7.75. The van der Waals surface area contributed by atoms with Gasteiger partial charge in [0.15, 0.2) is 0 Å². The number of rotatable bonds is 6. The minimum atomic E-state index is -0.393. The second-order valence-corrected chi connectivity index (χ2v) is 6.48. The summed E-state index contributed by atoms with van der Waals surface area (Å²) in [4.78, 5) is 12.3. The van der Waals surface area contributed by atoms with Gasteiger partial charge < -0.3 is 9.84 Å². The zero-order chi connectivity index (χ0) is 16.0. The number of esters is 1. The van der Waals surface area contributed by atoms with E-state index in [0.29, 0.717) is 0 Å². The molecule has 0 unspecified atom stereocenters. The van der Waals surface area contributed by atoms with Gasteiger partial charge in [-0.1, -0.05) is 56.5 Å². The first kappa shape index (κ1) is 17.0. The molecule has 1 aromatic rings. The maximum atomic E-state index is 12.3. The topological polar surface area (TPSA) is 58.6 Å². The van der Waals surface area contributed by atoms with Gasteiger partial charge in [-0.2, -0.15) is 0 Å². The van der Waals surface area contributed by atoms with Gasteiger partial charge >= 0.3 is 5.97 Å². The van der Waals surface area contributed by atoms with E-state index in [2.05, 4.69) is 12.2 Å². The second-order valence-electron chi connectivity index (χ2n) is 6.48. The largest absolute Gasteiger partial charge is 0.468 e. The van der Waals surface area contributed by atoms with Gasteiger partial charge in [-0.25, -0.2) is 0 Å². The molecule has 1 aliphatic rings. The van der Waals surface area contributed by atoms with Gasteiger partial charge in [0, 0.05) is 0 Å². The number of carbonyl (C=O) groups is 1. The molecule has 1 saturated carbocycles. The Morgan fingerprint density at radius 2 is 1.91 bits per heavy atom. The van der Waals surface area contributed by atoms with E-state index in [-0.39, 0.29) is 24.0 Å². The number of aliphatic hydroxyl groups is 1. The van der Waals surface area contributed by atoms with E-state index in [1.165, 1.54) is 13.5 Å². The highest BCUT2D eigenvalue weighted by Gasteiger charge is 2.41. The molecule has 2 rings (SSSR count). The summed E-state index contributed by atoms with van der Waals surface area (Å²) in [6.07, 6.45) is 5.52. The molecule has 1 aliphatic carbocycles. The number of aliphatic hydroxyl groups excluding tert-OH is 1.